The highest BCUT2D eigenvalue weighted by Crippen LogP contribution is 2.27. The molecule has 5 aromatic rings. The van der Waals surface area contributed by atoms with E-state index in [1.807, 2.05) is 58.0 Å². The summed E-state index contributed by atoms with van der Waals surface area (Å²) in [5, 5.41) is 6.80. The van der Waals surface area contributed by atoms with Gasteiger partial charge < -0.3 is 20.1 Å². The Morgan fingerprint density at radius 2 is 0.857 bits per heavy atom. The van der Waals surface area contributed by atoms with E-state index in [0.717, 1.165) is 64.5 Å². The largest absolute Gasteiger partial charge is 0.423 e. The van der Waals surface area contributed by atoms with Gasteiger partial charge in [0, 0.05) is 37.8 Å². The fourth-order valence-electron chi connectivity index (χ4n) is 7.51. The summed E-state index contributed by atoms with van der Waals surface area (Å²) in [6, 6.07) is 31.5. The lowest BCUT2D eigenvalue weighted by Crippen LogP contribution is -2.16. The van der Waals surface area contributed by atoms with Crippen molar-refractivity contribution in [1.82, 2.24) is 19.9 Å². The Labute approximate surface area is 377 Å². The summed E-state index contributed by atoms with van der Waals surface area (Å²) in [6.07, 6.45) is 13.5. The Hall–Kier alpha value is -5.64. The zero-order chi connectivity index (χ0) is 45.2. The van der Waals surface area contributed by atoms with Gasteiger partial charge in [0.1, 0.15) is 0 Å². The Bertz CT molecular complexity index is 2030. The normalized spacial score (nSPS) is 11.8. The van der Waals surface area contributed by atoms with Gasteiger partial charge in [-0.15, -0.1) is 0 Å². The molecule has 2 heterocycles. The molecule has 0 bridgehead atoms. The van der Waals surface area contributed by atoms with E-state index in [1.54, 1.807) is 0 Å². The lowest BCUT2D eigenvalue weighted by atomic mass is 9.93. The van der Waals surface area contributed by atoms with Crippen LogP contribution in [0.2, 0.25) is 0 Å². The minimum absolute atomic E-state index is 0.210. The van der Waals surface area contributed by atoms with Crippen LogP contribution in [0.3, 0.4) is 0 Å². The van der Waals surface area contributed by atoms with Gasteiger partial charge in [-0.25, -0.2) is 19.9 Å². The van der Waals surface area contributed by atoms with Gasteiger partial charge in [-0.2, -0.15) is 0 Å². The van der Waals surface area contributed by atoms with Crippen molar-refractivity contribution in [3.05, 3.63) is 130 Å². The molecule has 10 nitrogen and oxygen atoms in total. The van der Waals surface area contributed by atoms with Crippen molar-refractivity contribution >= 4 is 23.8 Å². The van der Waals surface area contributed by atoms with Crippen molar-refractivity contribution in [3.8, 4) is 11.5 Å². The minimum Gasteiger partial charge on any atom is -0.423 e. The van der Waals surface area contributed by atoms with Crippen molar-refractivity contribution in [2.24, 2.45) is 0 Å². The number of rotatable bonds is 25. The molecule has 0 aliphatic heterocycles. The number of hydrogen-bond donors (Lipinski definition) is 2. The van der Waals surface area contributed by atoms with Crippen molar-refractivity contribution < 1.29 is 19.1 Å². The average molecular weight is 857 g/mol. The second-order valence-corrected chi connectivity index (χ2v) is 16.5. The van der Waals surface area contributed by atoms with E-state index in [1.165, 1.54) is 42.4 Å². The third kappa shape index (κ3) is 17.9. The van der Waals surface area contributed by atoms with Gasteiger partial charge in [-0.3, -0.25) is 9.59 Å². The summed E-state index contributed by atoms with van der Waals surface area (Å²) in [6.45, 7) is 15.5. The van der Waals surface area contributed by atoms with Crippen LogP contribution in [-0.2, 0) is 16.0 Å². The summed E-state index contributed by atoms with van der Waals surface area (Å²) >= 11 is 0. The maximum atomic E-state index is 12.4. The number of benzene rings is 3. The number of anilines is 2. The van der Waals surface area contributed by atoms with Crippen LogP contribution in [0.4, 0.5) is 11.9 Å². The van der Waals surface area contributed by atoms with E-state index < -0.39 is 0 Å². The zero-order valence-corrected chi connectivity index (χ0v) is 39.1. The fraction of sp³-hybridized carbons (Fsp3) is 0.472. The van der Waals surface area contributed by atoms with E-state index in [0.29, 0.717) is 70.8 Å². The minimum atomic E-state index is -0.229. The van der Waals surface area contributed by atoms with Crippen molar-refractivity contribution in [2.45, 2.75) is 150 Å². The summed E-state index contributed by atoms with van der Waals surface area (Å²) in [5.41, 5.74) is 6.69. The quantitative estimate of drug-likeness (QED) is 0.0432. The maximum Gasteiger partial charge on any atom is 0.311 e. The molecule has 5 rings (SSSR count). The Morgan fingerprint density at radius 1 is 0.492 bits per heavy atom. The first kappa shape index (κ1) is 50.0. The lowest BCUT2D eigenvalue weighted by Gasteiger charge is -2.19. The van der Waals surface area contributed by atoms with Gasteiger partial charge in [-0.1, -0.05) is 150 Å². The van der Waals surface area contributed by atoms with Crippen LogP contribution in [0.15, 0.2) is 91.0 Å². The molecule has 2 atom stereocenters. The molecule has 10 heteroatoms. The third-order valence-corrected chi connectivity index (χ3v) is 11.1. The molecule has 338 valence electrons. The number of esters is 2. The first-order valence-corrected chi connectivity index (χ1v) is 23.3. The van der Waals surface area contributed by atoms with E-state index in [9.17, 15) is 9.59 Å². The highest BCUT2D eigenvalue weighted by molar-refractivity contribution is 5.73. The first-order chi connectivity index (χ1) is 30.6. The molecule has 0 fully saturated rings. The number of nitrogens with one attached hydrogen (secondary N) is 2. The molecular formula is C53H72N6O4. The Balaban J connectivity index is 0.000000280. The SMILES string of the molecule is CCCCC(CNc1nc(C)c(OC(=O)CCCCc2ccccc2)c(C)n1)c1ccccc1.CCCCCC(=O)Oc1c(C)nc(NCC(CCCC)c2ccccc2)nc1C. The van der Waals surface area contributed by atoms with Crippen molar-refractivity contribution in [1.29, 1.82) is 0 Å². The number of aromatic nitrogens is 4. The number of hydrogen-bond acceptors (Lipinski definition) is 10. The number of carbonyl (C=O) groups excluding carboxylic acids is 2. The Kier molecular flexibility index (Phi) is 22.3. The molecule has 0 spiro atoms. The monoisotopic (exact) mass is 857 g/mol. The lowest BCUT2D eigenvalue weighted by molar-refractivity contribution is -0.135. The third-order valence-electron chi connectivity index (χ3n) is 11.1. The predicted octanol–water partition coefficient (Wildman–Crippen LogP) is 12.8. The first-order valence-electron chi connectivity index (χ1n) is 23.3. The maximum absolute atomic E-state index is 12.4. The standard InChI is InChI=1S/C29H37N3O2.C24H35N3O2/c1-4-5-17-26(25-18-10-7-11-19-25)21-30-29-31-22(2)28(23(3)32-29)34-27(33)20-13-12-16-24-14-8-6-9-15-24;1-5-7-10-16-22(28)29-23-18(3)26-24(27-19(23)4)25-17-21(13-8-6-2)20-14-11-9-12-15-20/h6-11,14-15,18-19,26H,4-5,12-13,16-17,20-21H2,1-3H3,(H,30,31,32);9,11-12,14-15,21H,5-8,10,13,16-17H2,1-4H3,(H,25,26,27). The van der Waals surface area contributed by atoms with Gasteiger partial charge in [0.15, 0.2) is 11.5 Å². The van der Waals surface area contributed by atoms with Gasteiger partial charge in [-0.05, 0) is 82.9 Å². The van der Waals surface area contributed by atoms with Crippen LogP contribution in [0.5, 0.6) is 11.5 Å². The molecule has 0 amide bonds. The molecular weight excluding hydrogens is 785 g/mol. The number of carbonyl (C=O) groups is 2. The van der Waals surface area contributed by atoms with E-state index in [2.05, 4.69) is 112 Å². The summed E-state index contributed by atoms with van der Waals surface area (Å²) < 4.78 is 11.2. The molecule has 0 saturated heterocycles. The van der Waals surface area contributed by atoms with Crippen LogP contribution in [0.1, 0.15) is 156 Å². The topological polar surface area (TPSA) is 128 Å². The van der Waals surface area contributed by atoms with Gasteiger partial charge in [0.25, 0.3) is 0 Å². The Morgan fingerprint density at radius 3 is 1.24 bits per heavy atom. The highest BCUT2D eigenvalue weighted by Gasteiger charge is 2.18. The predicted molar refractivity (Wildman–Crippen MR) is 257 cm³/mol. The molecule has 63 heavy (non-hydrogen) atoms. The number of ether oxygens (including phenoxy) is 2. The molecule has 0 radical (unpaired) electrons. The van der Waals surface area contributed by atoms with E-state index >= 15 is 0 Å². The van der Waals surface area contributed by atoms with Crippen LogP contribution in [-0.4, -0.2) is 45.0 Å². The van der Waals surface area contributed by atoms with Gasteiger partial charge in [0.2, 0.25) is 11.9 Å². The molecule has 0 saturated carbocycles. The van der Waals surface area contributed by atoms with Crippen molar-refractivity contribution in [2.75, 3.05) is 23.7 Å². The fourth-order valence-corrected chi connectivity index (χ4v) is 7.51. The van der Waals surface area contributed by atoms with Crippen LogP contribution in [0, 0.1) is 27.7 Å². The van der Waals surface area contributed by atoms with Crippen LogP contribution in [0.25, 0.3) is 0 Å². The van der Waals surface area contributed by atoms with E-state index in [-0.39, 0.29) is 11.9 Å². The number of unbranched alkanes of at least 4 members (excludes halogenated alkanes) is 5. The summed E-state index contributed by atoms with van der Waals surface area (Å²) in [7, 11) is 0. The molecule has 2 unspecified atom stereocenters. The molecule has 0 aliphatic carbocycles. The van der Waals surface area contributed by atoms with Gasteiger partial charge >= 0.3 is 11.9 Å². The van der Waals surface area contributed by atoms with Crippen molar-refractivity contribution in [3.63, 3.8) is 0 Å². The van der Waals surface area contributed by atoms with Gasteiger partial charge in [0.05, 0.1) is 22.8 Å². The summed E-state index contributed by atoms with van der Waals surface area (Å²) in [4.78, 5) is 42.6. The zero-order valence-electron chi connectivity index (χ0n) is 39.1. The highest BCUT2D eigenvalue weighted by atomic mass is 16.5. The van der Waals surface area contributed by atoms with Crippen LogP contribution >= 0.6 is 0 Å². The number of nitrogens with zero attached hydrogens (tertiary/aromatic N) is 4. The summed E-state index contributed by atoms with van der Waals surface area (Å²) in [5.74, 6) is 2.50. The molecule has 3 aromatic carbocycles. The molecule has 0 aliphatic rings. The second kappa shape index (κ2) is 28.1. The molecule has 2 aromatic heterocycles. The van der Waals surface area contributed by atoms with Crippen LogP contribution < -0.4 is 20.1 Å². The molecule has 2 N–H and O–H groups in total. The smallest absolute Gasteiger partial charge is 0.311 e. The average Bonchev–Trinajstić information content (AvgIpc) is 3.29. The second-order valence-electron chi connectivity index (χ2n) is 16.5. The number of aryl methyl sites for hydroxylation is 5. The van der Waals surface area contributed by atoms with E-state index in [4.69, 9.17) is 9.47 Å².